The monoisotopic (exact) mass is 398 g/mol. The van der Waals surface area contributed by atoms with Gasteiger partial charge in [-0.05, 0) is 30.2 Å². The number of pyridine rings is 2. The lowest BCUT2D eigenvalue weighted by Crippen LogP contribution is -2.14. The van der Waals surface area contributed by atoms with Crippen LogP contribution >= 0.6 is 0 Å². The van der Waals surface area contributed by atoms with Crippen LogP contribution in [0.3, 0.4) is 0 Å². The zero-order valence-corrected chi connectivity index (χ0v) is 16.2. The Morgan fingerprint density at radius 2 is 1.83 bits per heavy atom. The molecule has 30 heavy (non-hydrogen) atoms. The van der Waals surface area contributed by atoms with Crippen LogP contribution < -0.4 is 5.32 Å². The largest absolute Gasteiger partial charge is 0.307 e. The Kier molecular flexibility index (Phi) is 5.17. The Morgan fingerprint density at radius 1 is 1.07 bits per heavy atom. The van der Waals surface area contributed by atoms with Crippen LogP contribution in [0, 0.1) is 10.1 Å². The highest BCUT2D eigenvalue weighted by molar-refractivity contribution is 6.12. The van der Waals surface area contributed by atoms with Gasteiger partial charge in [-0.2, -0.15) is 0 Å². The number of para-hydroxylation sites is 1. The fraction of sp³-hybridized carbons (Fsp3) is 0.0870. The zero-order chi connectivity index (χ0) is 21.1. The molecule has 0 spiro atoms. The summed E-state index contributed by atoms with van der Waals surface area (Å²) in [5.74, 6) is -0.123. The molecule has 4 aromatic rings. The molecule has 0 bridgehead atoms. The minimum Gasteiger partial charge on any atom is -0.307 e. The molecule has 1 amide bonds. The van der Waals surface area contributed by atoms with Gasteiger partial charge in [0.1, 0.15) is 12.0 Å². The summed E-state index contributed by atoms with van der Waals surface area (Å²) in [6, 6.07) is 20.0. The van der Waals surface area contributed by atoms with Crippen LogP contribution in [-0.4, -0.2) is 20.8 Å². The van der Waals surface area contributed by atoms with Gasteiger partial charge in [0.05, 0.1) is 21.7 Å². The van der Waals surface area contributed by atoms with Crippen molar-refractivity contribution in [3.05, 3.63) is 94.2 Å². The third-order valence-electron chi connectivity index (χ3n) is 4.82. The fourth-order valence-electron chi connectivity index (χ4n) is 3.17. The van der Waals surface area contributed by atoms with Crippen LogP contribution in [0.4, 0.5) is 11.5 Å². The standard InChI is InChI=1S/C23H18N4O3/c1-2-15-7-9-16(10-8-15)21-13-19(18-5-3-4-6-20(18)25-21)23(28)26-22-12-11-17(14-24-22)27(29)30/h3-14H,2H2,1H3,(H,24,26,28). The number of aryl methyl sites for hydroxylation is 1. The molecular weight excluding hydrogens is 380 g/mol. The summed E-state index contributed by atoms with van der Waals surface area (Å²) in [5.41, 5.74) is 3.85. The SMILES string of the molecule is CCc1ccc(-c2cc(C(=O)Nc3ccc([N+](=O)[O-])cn3)c3ccccc3n2)cc1. The van der Waals surface area contributed by atoms with Gasteiger partial charge in [-0.25, -0.2) is 9.97 Å². The molecule has 2 heterocycles. The highest BCUT2D eigenvalue weighted by Gasteiger charge is 2.15. The predicted molar refractivity (Wildman–Crippen MR) is 115 cm³/mol. The summed E-state index contributed by atoms with van der Waals surface area (Å²) < 4.78 is 0. The van der Waals surface area contributed by atoms with E-state index >= 15 is 0 Å². The number of carbonyl (C=O) groups is 1. The van der Waals surface area contributed by atoms with Crippen molar-refractivity contribution in [3.8, 4) is 11.3 Å². The molecule has 148 valence electrons. The lowest BCUT2D eigenvalue weighted by atomic mass is 10.0. The van der Waals surface area contributed by atoms with Crippen molar-refractivity contribution in [2.75, 3.05) is 5.32 Å². The van der Waals surface area contributed by atoms with Gasteiger partial charge in [0.2, 0.25) is 0 Å². The first-order valence-corrected chi connectivity index (χ1v) is 9.46. The molecule has 0 saturated carbocycles. The Morgan fingerprint density at radius 3 is 2.50 bits per heavy atom. The maximum absolute atomic E-state index is 13.0. The van der Waals surface area contributed by atoms with Gasteiger partial charge in [0, 0.05) is 17.0 Å². The van der Waals surface area contributed by atoms with E-state index in [1.165, 1.54) is 17.7 Å². The molecule has 7 heteroatoms. The molecule has 7 nitrogen and oxygen atoms in total. The number of nitro groups is 1. The summed E-state index contributed by atoms with van der Waals surface area (Å²) in [6.45, 7) is 2.10. The van der Waals surface area contributed by atoms with Gasteiger partial charge in [-0.3, -0.25) is 14.9 Å². The zero-order valence-electron chi connectivity index (χ0n) is 16.2. The van der Waals surface area contributed by atoms with Crippen molar-refractivity contribution in [2.24, 2.45) is 0 Å². The molecule has 0 saturated heterocycles. The maximum atomic E-state index is 13.0. The summed E-state index contributed by atoms with van der Waals surface area (Å²) in [6.07, 6.45) is 2.06. The number of benzene rings is 2. The van der Waals surface area contributed by atoms with Crippen LogP contribution in [0.25, 0.3) is 22.2 Å². The first kappa shape index (κ1) is 19.2. The lowest BCUT2D eigenvalue weighted by molar-refractivity contribution is -0.385. The van der Waals surface area contributed by atoms with Gasteiger partial charge >= 0.3 is 0 Å². The number of hydrogen-bond donors (Lipinski definition) is 1. The molecule has 0 fully saturated rings. The third-order valence-corrected chi connectivity index (χ3v) is 4.82. The average Bonchev–Trinajstić information content (AvgIpc) is 2.78. The lowest BCUT2D eigenvalue weighted by Gasteiger charge is -2.10. The fourth-order valence-corrected chi connectivity index (χ4v) is 3.17. The topological polar surface area (TPSA) is 98.0 Å². The van der Waals surface area contributed by atoms with Gasteiger partial charge in [-0.15, -0.1) is 0 Å². The highest BCUT2D eigenvalue weighted by atomic mass is 16.6. The number of rotatable bonds is 5. The summed E-state index contributed by atoms with van der Waals surface area (Å²) in [7, 11) is 0. The molecule has 1 N–H and O–H groups in total. The van der Waals surface area contributed by atoms with Gasteiger partial charge in [0.15, 0.2) is 0 Å². The molecule has 2 aromatic heterocycles. The summed E-state index contributed by atoms with van der Waals surface area (Å²) in [5, 5.41) is 14.2. The molecule has 0 aliphatic heterocycles. The predicted octanol–water partition coefficient (Wildman–Crippen LogP) is 5.02. The van der Waals surface area contributed by atoms with E-state index in [1.807, 2.05) is 48.5 Å². The van der Waals surface area contributed by atoms with Gasteiger partial charge in [0.25, 0.3) is 11.6 Å². The minimum absolute atomic E-state index is 0.139. The van der Waals surface area contributed by atoms with Crippen molar-refractivity contribution >= 4 is 28.3 Å². The third kappa shape index (κ3) is 3.86. The number of nitrogens with one attached hydrogen (secondary N) is 1. The molecule has 0 radical (unpaired) electrons. The average molecular weight is 398 g/mol. The summed E-state index contributed by atoms with van der Waals surface area (Å²) >= 11 is 0. The van der Waals surface area contributed by atoms with Crippen molar-refractivity contribution in [1.82, 2.24) is 9.97 Å². The second-order valence-corrected chi connectivity index (χ2v) is 6.74. The second kappa shape index (κ2) is 8.08. The smallest absolute Gasteiger partial charge is 0.287 e. The van der Waals surface area contributed by atoms with Crippen LogP contribution in [0.1, 0.15) is 22.8 Å². The van der Waals surface area contributed by atoms with Gasteiger partial charge < -0.3 is 5.32 Å². The Labute approximate surface area is 172 Å². The van der Waals surface area contributed by atoms with Crippen LogP contribution in [0.15, 0.2) is 72.9 Å². The number of hydrogen-bond acceptors (Lipinski definition) is 5. The van der Waals surface area contributed by atoms with E-state index < -0.39 is 4.92 Å². The molecule has 0 aliphatic rings. The minimum atomic E-state index is -0.537. The molecular formula is C23H18N4O3. The van der Waals surface area contributed by atoms with Gasteiger partial charge in [-0.1, -0.05) is 49.4 Å². The maximum Gasteiger partial charge on any atom is 0.287 e. The Balaban J connectivity index is 1.72. The van der Waals surface area contributed by atoms with E-state index in [1.54, 1.807) is 6.07 Å². The van der Waals surface area contributed by atoms with E-state index in [9.17, 15) is 14.9 Å². The van der Waals surface area contributed by atoms with E-state index in [2.05, 4.69) is 17.2 Å². The highest BCUT2D eigenvalue weighted by Crippen LogP contribution is 2.26. The van der Waals surface area contributed by atoms with Crippen LogP contribution in [0.2, 0.25) is 0 Å². The number of anilines is 1. The molecule has 0 aliphatic carbocycles. The molecule has 0 unspecified atom stereocenters. The van der Waals surface area contributed by atoms with Crippen LogP contribution in [-0.2, 0) is 6.42 Å². The molecule has 2 aromatic carbocycles. The second-order valence-electron chi connectivity index (χ2n) is 6.74. The first-order valence-electron chi connectivity index (χ1n) is 9.46. The van der Waals surface area contributed by atoms with E-state index in [0.717, 1.165) is 18.2 Å². The van der Waals surface area contributed by atoms with Crippen molar-refractivity contribution < 1.29 is 9.72 Å². The Bertz CT molecular complexity index is 1240. The number of fused-ring (bicyclic) bond motifs is 1. The Hall–Kier alpha value is -4.13. The first-order chi connectivity index (χ1) is 14.5. The number of amides is 1. The van der Waals surface area contributed by atoms with Crippen molar-refractivity contribution in [3.63, 3.8) is 0 Å². The number of nitrogens with zero attached hydrogens (tertiary/aromatic N) is 3. The van der Waals surface area contributed by atoms with E-state index in [-0.39, 0.29) is 17.4 Å². The van der Waals surface area contributed by atoms with E-state index in [4.69, 9.17) is 4.98 Å². The normalized spacial score (nSPS) is 10.7. The molecule has 4 rings (SSSR count). The van der Waals surface area contributed by atoms with E-state index in [0.29, 0.717) is 22.2 Å². The quantitative estimate of drug-likeness (QED) is 0.376. The van der Waals surface area contributed by atoms with Crippen LogP contribution in [0.5, 0.6) is 0 Å². The molecule has 0 atom stereocenters. The number of carbonyl (C=O) groups excluding carboxylic acids is 1. The number of aromatic nitrogens is 2. The van der Waals surface area contributed by atoms with Crippen molar-refractivity contribution in [1.29, 1.82) is 0 Å². The summed E-state index contributed by atoms with van der Waals surface area (Å²) in [4.78, 5) is 31.9. The van der Waals surface area contributed by atoms with Crippen molar-refractivity contribution in [2.45, 2.75) is 13.3 Å².